The van der Waals surface area contributed by atoms with E-state index < -0.39 is 18.3 Å². The Morgan fingerprint density at radius 3 is 2.72 bits per heavy atom. The van der Waals surface area contributed by atoms with Gasteiger partial charge in [-0.25, -0.2) is 9.59 Å². The molecule has 0 radical (unpaired) electrons. The molecule has 1 heterocycles. The summed E-state index contributed by atoms with van der Waals surface area (Å²) in [5.41, 5.74) is 0.419. The summed E-state index contributed by atoms with van der Waals surface area (Å²) in [4.78, 5) is 28.4. The summed E-state index contributed by atoms with van der Waals surface area (Å²) in [5.74, 6) is -0.582. The Kier molecular flexibility index (Phi) is 5.64. The summed E-state index contributed by atoms with van der Waals surface area (Å²) in [7, 11) is 0. The first-order valence-corrected chi connectivity index (χ1v) is 6.03. The van der Waals surface area contributed by atoms with Gasteiger partial charge in [-0.15, -0.1) is 5.06 Å². The Morgan fingerprint density at radius 2 is 2.22 bits per heavy atom. The van der Waals surface area contributed by atoms with Gasteiger partial charge >= 0.3 is 12.1 Å². The molecule has 0 spiro atoms. The molecule has 1 amide bonds. The predicted molar refractivity (Wildman–Crippen MR) is 63.4 cm³/mol. The molecule has 1 fully saturated rings. The fourth-order valence-electron chi connectivity index (χ4n) is 1.43. The lowest BCUT2D eigenvalue weighted by Crippen LogP contribution is -2.42. The second kappa shape index (κ2) is 7.00. The molecule has 0 bridgehead atoms. The smallest absolute Gasteiger partial charge is 0.445 e. The third kappa shape index (κ3) is 3.73. The summed E-state index contributed by atoms with van der Waals surface area (Å²) >= 11 is 0. The Bertz CT molecular complexity index is 333. The number of hydrogen-bond donors (Lipinski definition) is 0. The summed E-state index contributed by atoms with van der Waals surface area (Å²) < 4.78 is 10.2. The Balaban J connectivity index is 2.70. The van der Waals surface area contributed by atoms with Crippen molar-refractivity contribution in [3.63, 3.8) is 0 Å². The molecule has 6 heteroatoms. The van der Waals surface area contributed by atoms with Gasteiger partial charge in [-0.3, -0.25) is 0 Å². The van der Waals surface area contributed by atoms with Crippen LogP contribution in [0.15, 0.2) is 11.6 Å². The minimum Gasteiger partial charge on any atom is -0.448 e. The van der Waals surface area contributed by atoms with Crippen molar-refractivity contribution >= 4 is 12.1 Å². The van der Waals surface area contributed by atoms with Crippen LogP contribution in [-0.2, 0) is 19.1 Å². The molecule has 102 valence electrons. The van der Waals surface area contributed by atoms with E-state index in [0.29, 0.717) is 18.6 Å². The quantitative estimate of drug-likeness (QED) is 0.571. The van der Waals surface area contributed by atoms with E-state index in [-0.39, 0.29) is 6.61 Å². The van der Waals surface area contributed by atoms with Crippen LogP contribution in [0, 0.1) is 0 Å². The molecule has 0 aromatic heterocycles. The van der Waals surface area contributed by atoms with Crippen LogP contribution >= 0.6 is 0 Å². The maximum absolute atomic E-state index is 11.7. The number of rotatable bonds is 3. The lowest BCUT2D eigenvalue weighted by molar-refractivity contribution is -0.213. The normalized spacial score (nSPS) is 19.5. The highest BCUT2D eigenvalue weighted by atomic mass is 16.8. The van der Waals surface area contributed by atoms with Gasteiger partial charge in [0.2, 0.25) is 0 Å². The number of ether oxygens (including phenoxy) is 2. The molecule has 1 unspecified atom stereocenters. The van der Waals surface area contributed by atoms with E-state index >= 15 is 0 Å². The number of carbonyl (C=O) groups is 2. The van der Waals surface area contributed by atoms with Crippen molar-refractivity contribution in [1.82, 2.24) is 5.06 Å². The molecule has 1 aliphatic heterocycles. The van der Waals surface area contributed by atoms with Crippen molar-refractivity contribution in [3.8, 4) is 0 Å². The molecule has 0 N–H and O–H groups in total. The maximum Gasteiger partial charge on any atom is 0.445 e. The summed E-state index contributed by atoms with van der Waals surface area (Å²) in [5, 5.41) is 0.881. The zero-order valence-electron chi connectivity index (χ0n) is 11.0. The van der Waals surface area contributed by atoms with Gasteiger partial charge in [0.15, 0.2) is 6.23 Å². The van der Waals surface area contributed by atoms with E-state index in [0.717, 1.165) is 11.5 Å². The van der Waals surface area contributed by atoms with Crippen LogP contribution < -0.4 is 0 Å². The number of nitrogens with zero attached hydrogens (tertiary/aromatic N) is 1. The van der Waals surface area contributed by atoms with Gasteiger partial charge in [-0.1, -0.05) is 6.08 Å². The lowest BCUT2D eigenvalue weighted by Gasteiger charge is -2.25. The summed E-state index contributed by atoms with van der Waals surface area (Å²) in [6, 6.07) is 0. The van der Waals surface area contributed by atoms with Gasteiger partial charge in [-0.2, -0.15) is 0 Å². The van der Waals surface area contributed by atoms with Gasteiger partial charge in [0.25, 0.3) is 0 Å². The second-order valence-electron chi connectivity index (χ2n) is 3.84. The van der Waals surface area contributed by atoms with E-state index in [1.54, 1.807) is 26.8 Å². The zero-order valence-corrected chi connectivity index (χ0v) is 11.0. The number of carbonyl (C=O) groups excluding carboxylic acids is 2. The van der Waals surface area contributed by atoms with E-state index in [4.69, 9.17) is 14.3 Å². The first-order chi connectivity index (χ1) is 8.60. The minimum absolute atomic E-state index is 0.211. The predicted octanol–water partition coefficient (Wildman–Crippen LogP) is 2.01. The van der Waals surface area contributed by atoms with Crippen LogP contribution in [0.25, 0.3) is 0 Å². The largest absolute Gasteiger partial charge is 0.448 e. The lowest BCUT2D eigenvalue weighted by atomic mass is 10.3. The SMILES string of the molecule is CC=C(C)C(=O)ON(C(=O)OCC)C1CCCO1. The fraction of sp³-hybridized carbons (Fsp3) is 0.667. The molecular weight excluding hydrogens is 238 g/mol. The van der Waals surface area contributed by atoms with Gasteiger partial charge in [-0.05, 0) is 33.6 Å². The average molecular weight is 257 g/mol. The molecule has 0 aliphatic carbocycles. The Hall–Kier alpha value is -1.56. The van der Waals surface area contributed by atoms with E-state index in [1.807, 2.05) is 0 Å². The van der Waals surface area contributed by atoms with Crippen LogP contribution in [0.5, 0.6) is 0 Å². The van der Waals surface area contributed by atoms with Crippen LogP contribution in [0.1, 0.15) is 33.6 Å². The number of amides is 1. The van der Waals surface area contributed by atoms with Gasteiger partial charge in [0.05, 0.1) is 6.61 Å². The molecule has 1 rings (SSSR count). The van der Waals surface area contributed by atoms with Crippen molar-refractivity contribution in [2.75, 3.05) is 13.2 Å². The van der Waals surface area contributed by atoms with Crippen molar-refractivity contribution in [2.24, 2.45) is 0 Å². The Morgan fingerprint density at radius 1 is 1.50 bits per heavy atom. The molecule has 18 heavy (non-hydrogen) atoms. The maximum atomic E-state index is 11.7. The topological polar surface area (TPSA) is 65.1 Å². The molecule has 1 atom stereocenters. The van der Waals surface area contributed by atoms with E-state index in [9.17, 15) is 9.59 Å². The van der Waals surface area contributed by atoms with E-state index in [1.165, 1.54) is 0 Å². The van der Waals surface area contributed by atoms with Crippen molar-refractivity contribution in [2.45, 2.75) is 39.8 Å². The molecule has 1 aliphatic rings. The van der Waals surface area contributed by atoms with Gasteiger partial charge in [0, 0.05) is 12.2 Å². The number of hydrogen-bond acceptors (Lipinski definition) is 5. The highest BCUT2D eigenvalue weighted by Gasteiger charge is 2.32. The zero-order chi connectivity index (χ0) is 13.5. The Labute approximate surface area is 106 Å². The van der Waals surface area contributed by atoms with Crippen molar-refractivity contribution in [3.05, 3.63) is 11.6 Å². The molecule has 1 saturated heterocycles. The van der Waals surface area contributed by atoms with Crippen molar-refractivity contribution in [1.29, 1.82) is 0 Å². The van der Waals surface area contributed by atoms with Crippen LogP contribution in [-0.4, -0.2) is 36.6 Å². The monoisotopic (exact) mass is 257 g/mol. The minimum atomic E-state index is -0.707. The van der Waals surface area contributed by atoms with Crippen LogP contribution in [0.3, 0.4) is 0 Å². The summed E-state index contributed by atoms with van der Waals surface area (Å²) in [6.07, 6.45) is 1.79. The van der Waals surface area contributed by atoms with Gasteiger partial charge in [0.1, 0.15) is 0 Å². The first-order valence-electron chi connectivity index (χ1n) is 6.03. The van der Waals surface area contributed by atoms with Crippen LogP contribution in [0.4, 0.5) is 4.79 Å². The molecular formula is C12H19NO5. The fourth-order valence-corrected chi connectivity index (χ4v) is 1.43. The van der Waals surface area contributed by atoms with Crippen molar-refractivity contribution < 1.29 is 23.9 Å². The number of allylic oxidation sites excluding steroid dienone is 1. The molecule has 0 saturated carbocycles. The molecule has 0 aromatic rings. The second-order valence-corrected chi connectivity index (χ2v) is 3.84. The van der Waals surface area contributed by atoms with E-state index in [2.05, 4.69) is 0 Å². The first kappa shape index (κ1) is 14.5. The van der Waals surface area contributed by atoms with Gasteiger partial charge < -0.3 is 14.3 Å². The standard InChI is InChI=1S/C12H19NO5/c1-4-9(3)11(14)18-13(12(15)16-5-2)10-7-6-8-17-10/h4,10H,5-8H2,1-3H3. The third-order valence-corrected chi connectivity index (χ3v) is 2.55. The molecule has 0 aromatic carbocycles. The van der Waals surface area contributed by atoms with Crippen LogP contribution in [0.2, 0.25) is 0 Å². The average Bonchev–Trinajstić information content (AvgIpc) is 2.88. The highest BCUT2D eigenvalue weighted by Crippen LogP contribution is 2.18. The highest BCUT2D eigenvalue weighted by molar-refractivity contribution is 5.88. The third-order valence-electron chi connectivity index (χ3n) is 2.55. The molecule has 6 nitrogen and oxygen atoms in total. The number of hydroxylamine groups is 2. The summed E-state index contributed by atoms with van der Waals surface area (Å²) in [6.45, 7) is 5.77.